The van der Waals surface area contributed by atoms with Crippen LogP contribution >= 0.6 is 0 Å². The third kappa shape index (κ3) is 7.42. The Kier molecular flexibility index (Phi) is 8.99. The lowest BCUT2D eigenvalue weighted by Crippen LogP contribution is -2.30. The van der Waals surface area contributed by atoms with E-state index in [1.807, 2.05) is 6.92 Å². The molecular formula is C21H34F3N3O2S. The van der Waals surface area contributed by atoms with Crippen LogP contribution in [0.15, 0.2) is 18.2 Å². The van der Waals surface area contributed by atoms with Crippen LogP contribution in [0.1, 0.15) is 56.6 Å². The van der Waals surface area contributed by atoms with Gasteiger partial charge in [0.05, 0.1) is 11.3 Å². The van der Waals surface area contributed by atoms with Gasteiger partial charge in [-0.15, -0.1) is 0 Å². The van der Waals surface area contributed by atoms with E-state index in [2.05, 4.69) is 22.3 Å². The van der Waals surface area contributed by atoms with Crippen molar-refractivity contribution >= 4 is 15.7 Å². The zero-order valence-corrected chi connectivity index (χ0v) is 18.8. The summed E-state index contributed by atoms with van der Waals surface area (Å²) in [4.78, 5) is 0. The van der Waals surface area contributed by atoms with Crippen molar-refractivity contribution in [3.8, 4) is 0 Å². The van der Waals surface area contributed by atoms with Gasteiger partial charge in [-0.05, 0) is 74.4 Å². The highest BCUT2D eigenvalue weighted by molar-refractivity contribution is 7.89. The highest BCUT2D eigenvalue weighted by atomic mass is 32.2. The van der Waals surface area contributed by atoms with Gasteiger partial charge in [0.15, 0.2) is 0 Å². The summed E-state index contributed by atoms with van der Waals surface area (Å²) in [5.41, 5.74) is 0.904. The Hall–Kier alpha value is -1.32. The normalized spacial score (nSPS) is 20.5. The van der Waals surface area contributed by atoms with Crippen LogP contribution in [-0.2, 0) is 16.2 Å². The SMILES string of the molecule is CNCCCS(=O)(=O)NCCC(C)CCC1CNc2ccc(C(F)(F)F)cc2C1C. The molecule has 0 aliphatic carbocycles. The highest BCUT2D eigenvalue weighted by Gasteiger charge is 2.33. The van der Waals surface area contributed by atoms with Gasteiger partial charge in [-0.25, -0.2) is 13.1 Å². The van der Waals surface area contributed by atoms with Gasteiger partial charge < -0.3 is 10.6 Å². The Balaban J connectivity index is 1.81. The lowest BCUT2D eigenvalue weighted by molar-refractivity contribution is -0.137. The van der Waals surface area contributed by atoms with Crippen LogP contribution in [0, 0.1) is 11.8 Å². The van der Waals surface area contributed by atoms with Crippen molar-refractivity contribution in [2.24, 2.45) is 11.8 Å². The molecule has 3 unspecified atom stereocenters. The second kappa shape index (κ2) is 10.8. The summed E-state index contributed by atoms with van der Waals surface area (Å²) < 4.78 is 65.7. The van der Waals surface area contributed by atoms with Crippen molar-refractivity contribution in [3.05, 3.63) is 29.3 Å². The molecule has 9 heteroatoms. The van der Waals surface area contributed by atoms with Gasteiger partial charge in [-0.2, -0.15) is 13.2 Å². The maximum atomic E-state index is 13.1. The predicted octanol–water partition coefficient (Wildman–Crippen LogP) is 4.19. The molecule has 0 bridgehead atoms. The number of anilines is 1. The smallest absolute Gasteiger partial charge is 0.385 e. The molecule has 0 saturated heterocycles. The Labute approximate surface area is 178 Å². The molecule has 0 fully saturated rings. The number of fused-ring (bicyclic) bond motifs is 1. The topological polar surface area (TPSA) is 70.2 Å². The van der Waals surface area contributed by atoms with Gasteiger partial charge in [0.25, 0.3) is 0 Å². The molecule has 1 heterocycles. The minimum Gasteiger partial charge on any atom is -0.385 e. The zero-order valence-electron chi connectivity index (χ0n) is 18.0. The molecule has 0 spiro atoms. The summed E-state index contributed by atoms with van der Waals surface area (Å²) in [5.74, 6) is 0.746. The summed E-state index contributed by atoms with van der Waals surface area (Å²) in [6.45, 7) is 5.91. The summed E-state index contributed by atoms with van der Waals surface area (Å²) in [6.07, 6.45) is -1.22. The van der Waals surface area contributed by atoms with E-state index in [0.717, 1.165) is 43.1 Å². The first-order chi connectivity index (χ1) is 14.0. The molecule has 30 heavy (non-hydrogen) atoms. The van der Waals surface area contributed by atoms with E-state index in [-0.39, 0.29) is 17.6 Å². The molecule has 0 radical (unpaired) electrons. The van der Waals surface area contributed by atoms with Crippen LogP contribution in [0.3, 0.4) is 0 Å². The van der Waals surface area contributed by atoms with Crippen molar-refractivity contribution in [3.63, 3.8) is 0 Å². The Bertz CT molecular complexity index is 784. The molecule has 3 N–H and O–H groups in total. The van der Waals surface area contributed by atoms with E-state index in [4.69, 9.17) is 0 Å². The molecule has 1 aromatic carbocycles. The number of benzene rings is 1. The first kappa shape index (κ1) is 24.9. The fourth-order valence-corrected chi connectivity index (χ4v) is 5.01. The second-order valence-corrected chi connectivity index (χ2v) is 10.3. The van der Waals surface area contributed by atoms with Crippen LogP contribution < -0.4 is 15.4 Å². The van der Waals surface area contributed by atoms with Gasteiger partial charge in [-0.3, -0.25) is 0 Å². The zero-order chi connectivity index (χ0) is 22.4. The molecule has 0 aromatic heterocycles. The molecule has 3 atom stereocenters. The van der Waals surface area contributed by atoms with Crippen LogP contribution in [0.5, 0.6) is 0 Å². The van der Waals surface area contributed by atoms with Gasteiger partial charge in [0, 0.05) is 18.8 Å². The van der Waals surface area contributed by atoms with Gasteiger partial charge >= 0.3 is 6.18 Å². The number of alkyl halides is 3. The number of sulfonamides is 1. The van der Waals surface area contributed by atoms with E-state index in [1.54, 1.807) is 7.05 Å². The Morgan fingerprint density at radius 2 is 1.97 bits per heavy atom. The van der Waals surface area contributed by atoms with E-state index in [1.165, 1.54) is 12.1 Å². The quantitative estimate of drug-likeness (QED) is 0.443. The number of hydrogen-bond acceptors (Lipinski definition) is 4. The van der Waals surface area contributed by atoms with Crippen LogP contribution in [0.4, 0.5) is 18.9 Å². The Morgan fingerprint density at radius 1 is 1.23 bits per heavy atom. The monoisotopic (exact) mass is 449 g/mol. The third-order valence-electron chi connectivity index (χ3n) is 5.96. The van der Waals surface area contributed by atoms with E-state index in [0.29, 0.717) is 25.4 Å². The number of rotatable bonds is 11. The van der Waals surface area contributed by atoms with Crippen LogP contribution in [0.25, 0.3) is 0 Å². The average molecular weight is 450 g/mol. The molecule has 0 amide bonds. The van der Waals surface area contributed by atoms with E-state index >= 15 is 0 Å². The minimum absolute atomic E-state index is 0.0430. The molecule has 1 aliphatic rings. The number of hydrogen-bond donors (Lipinski definition) is 3. The standard InChI is InChI=1S/C21H34F3N3O2S/c1-15(9-11-27-30(28,29)12-4-10-25-3)5-6-17-14-26-20-8-7-18(21(22,23)24)13-19(20)16(17)2/h7-8,13,15-17,25-27H,4-6,9-12,14H2,1-3H3. The summed E-state index contributed by atoms with van der Waals surface area (Å²) in [7, 11) is -1.45. The highest BCUT2D eigenvalue weighted by Crippen LogP contribution is 2.40. The lowest BCUT2D eigenvalue weighted by Gasteiger charge is -2.33. The minimum atomic E-state index is -4.34. The summed E-state index contributed by atoms with van der Waals surface area (Å²) >= 11 is 0. The molecule has 1 aliphatic heterocycles. The van der Waals surface area contributed by atoms with Gasteiger partial charge in [-0.1, -0.05) is 20.3 Å². The van der Waals surface area contributed by atoms with E-state index < -0.39 is 21.8 Å². The lowest BCUT2D eigenvalue weighted by atomic mass is 9.79. The van der Waals surface area contributed by atoms with E-state index in [9.17, 15) is 21.6 Å². The van der Waals surface area contributed by atoms with Crippen LogP contribution in [0.2, 0.25) is 0 Å². The summed E-state index contributed by atoms with van der Waals surface area (Å²) in [5, 5.41) is 6.20. The third-order valence-corrected chi connectivity index (χ3v) is 7.43. The van der Waals surface area contributed by atoms with Crippen molar-refractivity contribution in [1.29, 1.82) is 0 Å². The maximum absolute atomic E-state index is 13.1. The predicted molar refractivity (Wildman–Crippen MR) is 115 cm³/mol. The molecule has 5 nitrogen and oxygen atoms in total. The molecule has 2 rings (SSSR count). The maximum Gasteiger partial charge on any atom is 0.416 e. The van der Waals surface area contributed by atoms with Crippen molar-refractivity contribution in [2.75, 3.05) is 37.8 Å². The first-order valence-corrected chi connectivity index (χ1v) is 12.3. The van der Waals surface area contributed by atoms with Crippen molar-refractivity contribution < 1.29 is 21.6 Å². The Morgan fingerprint density at radius 3 is 2.63 bits per heavy atom. The van der Waals surface area contributed by atoms with Crippen molar-refractivity contribution in [1.82, 2.24) is 10.0 Å². The van der Waals surface area contributed by atoms with Gasteiger partial charge in [0.1, 0.15) is 0 Å². The average Bonchev–Trinajstić information content (AvgIpc) is 2.66. The fraction of sp³-hybridized carbons (Fsp3) is 0.714. The molecular weight excluding hydrogens is 415 g/mol. The van der Waals surface area contributed by atoms with Crippen molar-refractivity contribution in [2.45, 2.75) is 51.6 Å². The number of halogens is 3. The largest absolute Gasteiger partial charge is 0.416 e. The fourth-order valence-electron chi connectivity index (χ4n) is 3.92. The second-order valence-electron chi connectivity index (χ2n) is 8.37. The first-order valence-electron chi connectivity index (χ1n) is 10.6. The summed E-state index contributed by atoms with van der Waals surface area (Å²) in [6, 6.07) is 3.92. The molecule has 0 saturated carbocycles. The number of nitrogens with one attached hydrogen (secondary N) is 3. The van der Waals surface area contributed by atoms with Crippen LogP contribution in [-0.4, -0.2) is 40.9 Å². The molecule has 1 aromatic rings. The molecule has 172 valence electrons. The van der Waals surface area contributed by atoms with Gasteiger partial charge in [0.2, 0.25) is 10.0 Å².